The molecule has 3 aromatic rings. The molecule has 0 radical (unpaired) electrons. The molecule has 1 atom stereocenters. The zero-order valence-electron chi connectivity index (χ0n) is 18.5. The highest BCUT2D eigenvalue weighted by Crippen LogP contribution is 2.32. The molecule has 1 N–H and O–H groups in total. The summed E-state index contributed by atoms with van der Waals surface area (Å²) in [6, 6.07) is 9.29. The van der Waals surface area contributed by atoms with Gasteiger partial charge in [0.2, 0.25) is 11.8 Å². The number of carbonyl (C=O) groups excluding carboxylic acids is 5. The van der Waals surface area contributed by atoms with Crippen LogP contribution in [-0.2, 0) is 16.0 Å². The van der Waals surface area contributed by atoms with Crippen LogP contribution >= 0.6 is 0 Å². The van der Waals surface area contributed by atoms with Crippen LogP contribution in [0.25, 0.3) is 16.9 Å². The molecular weight excluding hydrogens is 450 g/mol. The van der Waals surface area contributed by atoms with E-state index in [9.17, 15) is 24.0 Å². The quantitative estimate of drug-likeness (QED) is 0.579. The SMILES string of the molecule is O=C1CCC(N2C(=O)c3ccc(-n4cc(-c5cccc6c5CCCC6=O)nn4)cc3C2=O)C(=O)N1. The van der Waals surface area contributed by atoms with E-state index in [1.54, 1.807) is 18.3 Å². The van der Waals surface area contributed by atoms with Crippen molar-refractivity contribution in [3.63, 3.8) is 0 Å². The topological polar surface area (TPSA) is 131 Å². The Hall–Kier alpha value is -4.47. The van der Waals surface area contributed by atoms with Crippen molar-refractivity contribution in [3.8, 4) is 16.9 Å². The van der Waals surface area contributed by atoms with Crippen molar-refractivity contribution in [2.75, 3.05) is 0 Å². The van der Waals surface area contributed by atoms with Crippen LogP contribution in [0.5, 0.6) is 0 Å². The highest BCUT2D eigenvalue weighted by molar-refractivity contribution is 6.23. The maximum atomic E-state index is 13.1. The first kappa shape index (κ1) is 21.1. The first-order valence-corrected chi connectivity index (χ1v) is 11.4. The van der Waals surface area contributed by atoms with Gasteiger partial charge in [-0.25, -0.2) is 4.68 Å². The maximum Gasteiger partial charge on any atom is 0.262 e. The number of hydrogen-bond donors (Lipinski definition) is 1. The summed E-state index contributed by atoms with van der Waals surface area (Å²) >= 11 is 0. The van der Waals surface area contributed by atoms with E-state index >= 15 is 0 Å². The number of imide groups is 2. The van der Waals surface area contributed by atoms with E-state index in [2.05, 4.69) is 15.6 Å². The van der Waals surface area contributed by atoms with Crippen LogP contribution < -0.4 is 5.32 Å². The van der Waals surface area contributed by atoms with Crippen molar-refractivity contribution in [1.82, 2.24) is 25.2 Å². The summed E-state index contributed by atoms with van der Waals surface area (Å²) in [5, 5.41) is 10.7. The Morgan fingerprint density at radius 2 is 1.66 bits per heavy atom. The fourth-order valence-electron chi connectivity index (χ4n) is 5.03. The Balaban J connectivity index is 1.32. The molecule has 1 aliphatic carbocycles. The summed E-state index contributed by atoms with van der Waals surface area (Å²) in [6.45, 7) is 0. The van der Waals surface area contributed by atoms with Gasteiger partial charge in [-0.3, -0.25) is 34.2 Å². The van der Waals surface area contributed by atoms with Gasteiger partial charge in [0.1, 0.15) is 11.7 Å². The Morgan fingerprint density at radius 1 is 0.857 bits per heavy atom. The summed E-state index contributed by atoms with van der Waals surface area (Å²) in [4.78, 5) is 63.0. The number of aromatic nitrogens is 3. The number of nitrogens with one attached hydrogen (secondary N) is 1. The van der Waals surface area contributed by atoms with Gasteiger partial charge in [0.05, 0.1) is 23.0 Å². The second-order valence-corrected chi connectivity index (χ2v) is 8.83. The summed E-state index contributed by atoms with van der Waals surface area (Å²) in [5.74, 6) is -2.09. The van der Waals surface area contributed by atoms with Crippen molar-refractivity contribution in [1.29, 1.82) is 0 Å². The van der Waals surface area contributed by atoms with Gasteiger partial charge in [-0.1, -0.05) is 23.4 Å². The van der Waals surface area contributed by atoms with Gasteiger partial charge in [0, 0.05) is 24.0 Å². The lowest BCUT2D eigenvalue weighted by molar-refractivity contribution is -0.136. The third kappa shape index (κ3) is 3.29. The standard InChI is InChI=1S/C25H19N5O5/c31-21-6-2-3-14-15(4-1-5-16(14)21)19-12-29(28-27-19)13-7-8-17-18(11-13)25(35)30(24(17)34)20-9-10-22(32)26-23(20)33/h1,4-5,7-8,11-12,20H,2-3,6,9-10H2,(H,26,32,33). The number of carbonyl (C=O) groups is 5. The monoisotopic (exact) mass is 469 g/mol. The van der Waals surface area contributed by atoms with Crippen molar-refractivity contribution in [2.45, 2.75) is 38.1 Å². The lowest BCUT2D eigenvalue weighted by Crippen LogP contribution is -2.54. The number of ketones is 1. The lowest BCUT2D eigenvalue weighted by Gasteiger charge is -2.27. The molecule has 10 nitrogen and oxygen atoms in total. The molecule has 1 aromatic heterocycles. The summed E-state index contributed by atoms with van der Waals surface area (Å²) in [7, 11) is 0. The minimum atomic E-state index is -1.02. The van der Waals surface area contributed by atoms with Gasteiger partial charge in [-0.05, 0) is 43.0 Å². The lowest BCUT2D eigenvalue weighted by atomic mass is 9.86. The second kappa shape index (κ2) is 7.79. The summed E-state index contributed by atoms with van der Waals surface area (Å²) in [6.07, 6.45) is 4.00. The van der Waals surface area contributed by atoms with Gasteiger partial charge < -0.3 is 0 Å². The van der Waals surface area contributed by atoms with Crippen LogP contribution in [0.3, 0.4) is 0 Å². The van der Waals surface area contributed by atoms with E-state index in [0.29, 0.717) is 17.8 Å². The first-order chi connectivity index (χ1) is 16.9. The molecule has 10 heteroatoms. The number of rotatable bonds is 3. The fraction of sp³-hybridized carbons (Fsp3) is 0.240. The van der Waals surface area contributed by atoms with E-state index in [0.717, 1.165) is 34.4 Å². The van der Waals surface area contributed by atoms with E-state index in [1.165, 1.54) is 10.7 Å². The maximum absolute atomic E-state index is 13.1. The third-order valence-corrected chi connectivity index (χ3v) is 6.76. The Morgan fingerprint density at radius 3 is 2.49 bits per heavy atom. The Labute approximate surface area is 198 Å². The molecule has 0 bridgehead atoms. The van der Waals surface area contributed by atoms with Crippen molar-refractivity contribution >= 4 is 29.4 Å². The Bertz CT molecular complexity index is 1470. The van der Waals surface area contributed by atoms with Crippen molar-refractivity contribution in [2.24, 2.45) is 0 Å². The minimum absolute atomic E-state index is 0.0611. The van der Waals surface area contributed by atoms with Crippen LogP contribution in [0.2, 0.25) is 0 Å². The van der Waals surface area contributed by atoms with Crippen LogP contribution in [0.1, 0.15) is 62.3 Å². The van der Waals surface area contributed by atoms with E-state index in [1.807, 2.05) is 18.2 Å². The van der Waals surface area contributed by atoms with Crippen molar-refractivity contribution < 1.29 is 24.0 Å². The zero-order chi connectivity index (χ0) is 24.3. The average Bonchev–Trinajstić information content (AvgIpc) is 3.43. The molecule has 0 saturated carbocycles. The Kier molecular flexibility index (Phi) is 4.70. The van der Waals surface area contributed by atoms with Crippen LogP contribution in [0, 0.1) is 0 Å². The molecular formula is C25H19N5O5. The smallest absolute Gasteiger partial charge is 0.262 e. The van der Waals surface area contributed by atoms with Gasteiger partial charge in [-0.2, -0.15) is 0 Å². The van der Waals surface area contributed by atoms with Gasteiger partial charge >= 0.3 is 0 Å². The van der Waals surface area contributed by atoms with Gasteiger partial charge in [0.15, 0.2) is 5.78 Å². The van der Waals surface area contributed by atoms with Crippen molar-refractivity contribution in [3.05, 3.63) is 64.8 Å². The third-order valence-electron chi connectivity index (χ3n) is 6.76. The zero-order valence-corrected chi connectivity index (χ0v) is 18.5. The van der Waals surface area contributed by atoms with E-state index in [-0.39, 0.29) is 29.8 Å². The molecule has 2 aliphatic heterocycles. The molecule has 1 fully saturated rings. The molecule has 0 spiro atoms. The number of fused-ring (bicyclic) bond motifs is 2. The van der Waals surface area contributed by atoms with Gasteiger partial charge in [-0.15, -0.1) is 5.10 Å². The number of Topliss-reactive ketones (excluding diaryl/α,β-unsaturated/α-hetero) is 1. The number of hydrogen-bond acceptors (Lipinski definition) is 7. The summed E-state index contributed by atoms with van der Waals surface area (Å²) in [5.41, 5.74) is 4.01. The number of nitrogens with zero attached hydrogens (tertiary/aromatic N) is 4. The fourth-order valence-corrected chi connectivity index (χ4v) is 5.03. The molecule has 2 aromatic carbocycles. The highest BCUT2D eigenvalue weighted by Gasteiger charge is 2.44. The minimum Gasteiger partial charge on any atom is -0.295 e. The molecule has 3 heterocycles. The van der Waals surface area contributed by atoms with Crippen LogP contribution in [0.4, 0.5) is 0 Å². The molecule has 4 amide bonds. The molecule has 6 rings (SSSR count). The second-order valence-electron chi connectivity index (χ2n) is 8.83. The average molecular weight is 469 g/mol. The molecule has 1 saturated heterocycles. The number of benzene rings is 2. The highest BCUT2D eigenvalue weighted by atomic mass is 16.2. The predicted octanol–water partition coefficient (Wildman–Crippen LogP) is 1.85. The van der Waals surface area contributed by atoms with Gasteiger partial charge in [0.25, 0.3) is 11.8 Å². The first-order valence-electron chi connectivity index (χ1n) is 11.4. The van der Waals surface area contributed by atoms with Crippen LogP contribution in [-0.4, -0.2) is 55.3 Å². The van der Waals surface area contributed by atoms with E-state index < -0.39 is 29.7 Å². The van der Waals surface area contributed by atoms with Crippen LogP contribution in [0.15, 0.2) is 42.6 Å². The van der Waals surface area contributed by atoms with E-state index in [4.69, 9.17) is 0 Å². The molecule has 35 heavy (non-hydrogen) atoms. The molecule has 3 aliphatic rings. The predicted molar refractivity (Wildman–Crippen MR) is 121 cm³/mol. The number of amides is 4. The summed E-state index contributed by atoms with van der Waals surface area (Å²) < 4.78 is 1.51. The molecule has 174 valence electrons. The molecule has 1 unspecified atom stereocenters. The number of piperidine rings is 1. The normalized spacial score (nSPS) is 19.6. The largest absolute Gasteiger partial charge is 0.295 e.